The summed E-state index contributed by atoms with van der Waals surface area (Å²) < 4.78 is 0. The number of pyridine rings is 1. The molecule has 1 saturated heterocycles. The summed E-state index contributed by atoms with van der Waals surface area (Å²) in [6.45, 7) is 3.08. The number of hydrogen-bond donors (Lipinski definition) is 2. The monoisotopic (exact) mass is 436 g/mol. The van der Waals surface area contributed by atoms with Crippen LogP contribution in [0.3, 0.4) is 0 Å². The number of aromatic amines is 1. The molecule has 1 aliphatic rings. The quantitative estimate of drug-likeness (QED) is 0.344. The Kier molecular flexibility index (Phi) is 6.93. The Balaban J connectivity index is 0.00000208. The van der Waals surface area contributed by atoms with Crippen molar-refractivity contribution in [2.45, 2.75) is 19.4 Å². The predicted molar refractivity (Wildman–Crippen MR) is 89.6 cm³/mol. The molecule has 0 amide bonds. The minimum atomic E-state index is -0.318. The number of carbonyl (C=O) groups is 1. The van der Waals surface area contributed by atoms with Gasteiger partial charge in [-0.3, -0.25) is 9.59 Å². The van der Waals surface area contributed by atoms with E-state index in [1.807, 2.05) is 6.07 Å². The molecule has 5 heteroatoms. The summed E-state index contributed by atoms with van der Waals surface area (Å²) in [5.41, 5.74) is 2.40. The lowest BCUT2D eigenvalue weighted by atomic mass is 10.00. The van der Waals surface area contributed by atoms with Crippen molar-refractivity contribution in [2.75, 3.05) is 13.1 Å². The summed E-state index contributed by atoms with van der Waals surface area (Å²) >= 11 is 0. The number of ketones is 1. The molecular formula is C19H21IN2O2. The fourth-order valence-electron chi connectivity index (χ4n) is 3.01. The maximum absolute atomic E-state index is 12.2. The number of carbonyl (C=O) groups excluding carboxylic acids is 1. The Hall–Kier alpha value is -1.73. The van der Waals surface area contributed by atoms with E-state index in [-0.39, 0.29) is 40.9 Å². The zero-order valence-electron chi connectivity index (χ0n) is 13.4. The lowest BCUT2D eigenvalue weighted by Crippen LogP contribution is -3.11. The number of benzene rings is 1. The summed E-state index contributed by atoms with van der Waals surface area (Å²) in [4.78, 5) is 27.9. The van der Waals surface area contributed by atoms with E-state index in [4.69, 9.17) is 0 Å². The van der Waals surface area contributed by atoms with E-state index in [0.29, 0.717) is 0 Å². The van der Waals surface area contributed by atoms with Crippen LogP contribution in [0.25, 0.3) is 0 Å². The van der Waals surface area contributed by atoms with Gasteiger partial charge in [0, 0.05) is 24.6 Å². The number of allylic oxidation sites excluding steroid dienone is 1. The van der Waals surface area contributed by atoms with Gasteiger partial charge in [0.1, 0.15) is 6.54 Å². The molecule has 1 aromatic heterocycles. The number of likely N-dealkylation sites (tertiary alicyclic amines) is 1. The Morgan fingerprint density at radius 2 is 1.79 bits per heavy atom. The normalized spacial score (nSPS) is 17.0. The van der Waals surface area contributed by atoms with E-state index in [0.717, 1.165) is 38.0 Å². The van der Waals surface area contributed by atoms with Crippen LogP contribution in [-0.2, 0) is 6.54 Å². The zero-order chi connectivity index (χ0) is 16.1. The van der Waals surface area contributed by atoms with Gasteiger partial charge < -0.3 is 33.9 Å². The highest BCUT2D eigenvalue weighted by molar-refractivity contribution is 6.04. The standard InChI is InChI=1S/C19H20N2O2.HI/c22-18(17-7-4-10-20-19(17)23)13-15-8-11-21(12-9-15)14-16-5-2-1-3-6-16;/h1-7,10,13H,8-9,11-12,14H2,(H,20,23);1H. The average molecular weight is 436 g/mol. The van der Waals surface area contributed by atoms with Crippen LogP contribution in [0, 0.1) is 0 Å². The van der Waals surface area contributed by atoms with Crippen LogP contribution in [0.15, 0.2) is 65.1 Å². The molecule has 2 heterocycles. The summed E-state index contributed by atoms with van der Waals surface area (Å²) in [7, 11) is 0. The number of hydrogen-bond acceptors (Lipinski definition) is 2. The van der Waals surface area contributed by atoms with Gasteiger partial charge in [-0.15, -0.1) is 0 Å². The first-order valence-corrected chi connectivity index (χ1v) is 8.01. The molecule has 0 atom stereocenters. The molecular weight excluding hydrogens is 415 g/mol. The van der Waals surface area contributed by atoms with Crippen molar-refractivity contribution < 1.29 is 33.7 Å². The molecule has 1 fully saturated rings. The van der Waals surface area contributed by atoms with Crippen molar-refractivity contribution >= 4 is 5.78 Å². The van der Waals surface area contributed by atoms with Gasteiger partial charge in [-0.25, -0.2) is 0 Å². The number of rotatable bonds is 4. The third-order valence-corrected chi connectivity index (χ3v) is 4.32. The highest BCUT2D eigenvalue weighted by Gasteiger charge is 2.18. The highest BCUT2D eigenvalue weighted by Crippen LogP contribution is 2.10. The first kappa shape index (κ1) is 18.6. The smallest absolute Gasteiger partial charge is 0.259 e. The van der Waals surface area contributed by atoms with Crippen LogP contribution < -0.4 is 34.4 Å². The molecule has 2 N–H and O–H groups in total. The Morgan fingerprint density at radius 1 is 1.08 bits per heavy atom. The third kappa shape index (κ3) is 4.88. The van der Waals surface area contributed by atoms with Crippen LogP contribution >= 0.6 is 0 Å². The van der Waals surface area contributed by atoms with E-state index in [2.05, 4.69) is 29.2 Å². The van der Waals surface area contributed by atoms with Crippen molar-refractivity contribution in [3.05, 3.63) is 81.8 Å². The molecule has 0 unspecified atom stereocenters. The maximum atomic E-state index is 12.2. The highest BCUT2D eigenvalue weighted by atomic mass is 127. The van der Waals surface area contributed by atoms with Crippen molar-refractivity contribution in [1.82, 2.24) is 4.98 Å². The molecule has 2 aromatic rings. The average Bonchev–Trinajstić information content (AvgIpc) is 2.58. The number of H-pyrrole nitrogens is 1. The lowest BCUT2D eigenvalue weighted by Gasteiger charge is -2.25. The van der Waals surface area contributed by atoms with E-state index in [9.17, 15) is 9.59 Å². The third-order valence-electron chi connectivity index (χ3n) is 4.32. The number of nitrogens with one attached hydrogen (secondary N) is 2. The molecule has 1 aromatic carbocycles. The van der Waals surface area contributed by atoms with Crippen LogP contribution in [0.1, 0.15) is 28.8 Å². The molecule has 0 spiro atoms. The first-order chi connectivity index (χ1) is 11.2. The minimum absolute atomic E-state index is 0. The molecule has 0 radical (unpaired) electrons. The van der Waals surface area contributed by atoms with Crippen LogP contribution in [0.2, 0.25) is 0 Å². The van der Waals surface area contributed by atoms with Crippen LogP contribution in [0.4, 0.5) is 0 Å². The van der Waals surface area contributed by atoms with Gasteiger partial charge in [0.2, 0.25) is 0 Å². The Morgan fingerprint density at radius 3 is 2.46 bits per heavy atom. The van der Waals surface area contributed by atoms with E-state index in [1.54, 1.807) is 23.1 Å². The molecule has 24 heavy (non-hydrogen) atoms. The van der Waals surface area contributed by atoms with Crippen molar-refractivity contribution in [2.24, 2.45) is 0 Å². The first-order valence-electron chi connectivity index (χ1n) is 8.01. The summed E-state index contributed by atoms with van der Waals surface area (Å²) in [6, 6.07) is 13.7. The predicted octanol–water partition coefficient (Wildman–Crippen LogP) is -1.63. The molecule has 3 rings (SSSR count). The summed E-state index contributed by atoms with van der Waals surface area (Å²) in [5, 5.41) is 0. The second kappa shape index (κ2) is 8.94. The molecule has 4 nitrogen and oxygen atoms in total. The van der Waals surface area contributed by atoms with Crippen molar-refractivity contribution in [3.63, 3.8) is 0 Å². The van der Waals surface area contributed by atoms with Gasteiger partial charge in [-0.05, 0) is 18.2 Å². The largest absolute Gasteiger partial charge is 1.00 e. The molecule has 0 saturated carbocycles. The van der Waals surface area contributed by atoms with E-state index < -0.39 is 0 Å². The molecule has 0 bridgehead atoms. The number of quaternary nitrogens is 1. The number of halogens is 1. The van der Waals surface area contributed by atoms with Gasteiger partial charge in [0.25, 0.3) is 5.56 Å². The minimum Gasteiger partial charge on any atom is -1.00 e. The van der Waals surface area contributed by atoms with Crippen LogP contribution in [-0.4, -0.2) is 23.9 Å². The summed E-state index contributed by atoms with van der Waals surface area (Å²) in [5.74, 6) is -0.187. The number of piperidine rings is 1. The Labute approximate surface area is 158 Å². The van der Waals surface area contributed by atoms with E-state index in [1.165, 1.54) is 11.8 Å². The lowest BCUT2D eigenvalue weighted by molar-refractivity contribution is -0.916. The molecule has 1 aliphatic heterocycles. The van der Waals surface area contributed by atoms with Crippen molar-refractivity contribution in [3.8, 4) is 0 Å². The van der Waals surface area contributed by atoms with Gasteiger partial charge in [0.05, 0.1) is 18.7 Å². The maximum Gasteiger partial charge on any atom is 0.259 e. The Bertz CT molecular complexity index is 758. The van der Waals surface area contributed by atoms with Crippen molar-refractivity contribution in [1.29, 1.82) is 0 Å². The van der Waals surface area contributed by atoms with Gasteiger partial charge >= 0.3 is 0 Å². The topological polar surface area (TPSA) is 54.4 Å². The van der Waals surface area contributed by atoms with E-state index >= 15 is 0 Å². The van der Waals surface area contributed by atoms with Gasteiger partial charge in [-0.1, -0.05) is 35.9 Å². The van der Waals surface area contributed by atoms with Gasteiger partial charge in [0.15, 0.2) is 5.78 Å². The zero-order valence-corrected chi connectivity index (χ0v) is 15.6. The fraction of sp³-hybridized carbons (Fsp3) is 0.263. The SMILES string of the molecule is O=C(C=C1CC[NH+](Cc2ccccc2)CC1)c1ccc[nH]c1=O.[I-]. The second-order valence-corrected chi connectivity index (χ2v) is 5.99. The van der Waals surface area contributed by atoms with Crippen LogP contribution in [0.5, 0.6) is 0 Å². The molecule has 0 aliphatic carbocycles. The molecule has 126 valence electrons. The van der Waals surface area contributed by atoms with Gasteiger partial charge in [-0.2, -0.15) is 0 Å². The number of aromatic nitrogens is 1. The fourth-order valence-corrected chi connectivity index (χ4v) is 3.01. The second-order valence-electron chi connectivity index (χ2n) is 5.99. The summed E-state index contributed by atoms with van der Waals surface area (Å²) in [6.07, 6.45) is 5.03.